The van der Waals surface area contributed by atoms with Crippen molar-refractivity contribution in [2.24, 2.45) is 5.92 Å². The van der Waals surface area contributed by atoms with E-state index in [1.807, 2.05) is 23.6 Å². The van der Waals surface area contributed by atoms with Crippen molar-refractivity contribution in [2.45, 2.75) is 53.4 Å². The molecule has 0 atom stereocenters. The molecular weight excluding hydrogens is 470 g/mol. The van der Waals surface area contributed by atoms with Crippen LogP contribution in [0.5, 0.6) is 0 Å². The second-order valence-electron chi connectivity index (χ2n) is 11.6. The van der Waals surface area contributed by atoms with E-state index in [-0.39, 0.29) is 5.41 Å². The molecule has 0 spiro atoms. The summed E-state index contributed by atoms with van der Waals surface area (Å²) >= 11 is 1.89. The molecule has 186 valence electrons. The molecule has 3 heteroatoms. The van der Waals surface area contributed by atoms with Crippen molar-refractivity contribution in [2.75, 3.05) is 0 Å². The lowest BCUT2D eigenvalue weighted by Gasteiger charge is -2.22. The van der Waals surface area contributed by atoms with Gasteiger partial charge in [-0.1, -0.05) is 71.0 Å². The third-order valence-electron chi connectivity index (χ3n) is 7.28. The summed E-state index contributed by atoms with van der Waals surface area (Å²) < 4.78 is 7.87. The summed E-state index contributed by atoms with van der Waals surface area (Å²) in [6.45, 7) is 13.7. The number of hydrogen-bond donors (Lipinski definition) is 0. The van der Waals surface area contributed by atoms with E-state index in [4.69, 9.17) is 9.40 Å². The van der Waals surface area contributed by atoms with Crippen molar-refractivity contribution in [1.29, 1.82) is 0 Å². The van der Waals surface area contributed by atoms with Crippen molar-refractivity contribution in [3.05, 3.63) is 88.9 Å². The minimum Gasteiger partial charge on any atom is -0.456 e. The van der Waals surface area contributed by atoms with E-state index in [0.717, 1.165) is 34.4 Å². The molecule has 0 aliphatic carbocycles. The molecule has 6 rings (SSSR count). The molecule has 0 unspecified atom stereocenters. The van der Waals surface area contributed by atoms with Gasteiger partial charge in [0.25, 0.3) is 0 Å². The molecule has 0 bridgehead atoms. The average molecular weight is 504 g/mol. The van der Waals surface area contributed by atoms with E-state index >= 15 is 0 Å². The van der Waals surface area contributed by atoms with Crippen LogP contribution in [-0.4, -0.2) is 4.98 Å². The van der Waals surface area contributed by atoms with E-state index < -0.39 is 0 Å². The van der Waals surface area contributed by atoms with Crippen molar-refractivity contribution in [3.63, 3.8) is 0 Å². The maximum absolute atomic E-state index is 6.54. The van der Waals surface area contributed by atoms with E-state index in [2.05, 4.69) is 102 Å². The Kier molecular flexibility index (Phi) is 5.72. The Labute approximate surface area is 223 Å². The Morgan fingerprint density at radius 2 is 1.73 bits per heavy atom. The lowest BCUT2D eigenvalue weighted by molar-refractivity contribution is 0.596. The van der Waals surface area contributed by atoms with Crippen LogP contribution in [0.3, 0.4) is 0 Å². The van der Waals surface area contributed by atoms with Gasteiger partial charge in [-0.3, -0.25) is 4.98 Å². The summed E-state index contributed by atoms with van der Waals surface area (Å²) in [6.07, 6.45) is 2.94. The number of benzene rings is 3. The van der Waals surface area contributed by atoms with Crippen LogP contribution in [0, 0.1) is 12.8 Å². The minimum atomic E-state index is 0.0182. The third kappa shape index (κ3) is 4.16. The first-order valence-corrected chi connectivity index (χ1v) is 14.0. The van der Waals surface area contributed by atoms with Crippen LogP contribution < -0.4 is 0 Å². The van der Waals surface area contributed by atoms with Crippen molar-refractivity contribution in [3.8, 4) is 22.6 Å². The Morgan fingerprint density at radius 1 is 0.919 bits per heavy atom. The van der Waals surface area contributed by atoms with Gasteiger partial charge >= 0.3 is 0 Å². The van der Waals surface area contributed by atoms with Crippen molar-refractivity contribution >= 4 is 43.2 Å². The van der Waals surface area contributed by atoms with E-state index in [1.165, 1.54) is 42.4 Å². The van der Waals surface area contributed by atoms with Gasteiger partial charge < -0.3 is 4.42 Å². The Balaban J connectivity index is 1.57. The summed E-state index contributed by atoms with van der Waals surface area (Å²) in [5.74, 6) is 1.51. The zero-order valence-corrected chi connectivity index (χ0v) is 23.3. The smallest absolute Gasteiger partial charge is 0.138 e. The molecule has 0 aliphatic heterocycles. The molecule has 2 nitrogen and oxygen atoms in total. The van der Waals surface area contributed by atoms with Crippen LogP contribution in [0.15, 0.2) is 77.3 Å². The van der Waals surface area contributed by atoms with Gasteiger partial charge in [0, 0.05) is 37.7 Å². The van der Waals surface area contributed by atoms with Gasteiger partial charge in [-0.25, -0.2) is 0 Å². The average Bonchev–Trinajstić information content (AvgIpc) is 3.43. The van der Waals surface area contributed by atoms with E-state index in [0.29, 0.717) is 5.92 Å². The summed E-state index contributed by atoms with van der Waals surface area (Å²) in [7, 11) is 0. The van der Waals surface area contributed by atoms with Crippen LogP contribution in [0.2, 0.25) is 0 Å². The number of thiophene rings is 1. The van der Waals surface area contributed by atoms with Crippen LogP contribution in [0.1, 0.15) is 50.6 Å². The second-order valence-corrected chi connectivity index (χ2v) is 12.8. The Bertz CT molecular complexity index is 1780. The highest BCUT2D eigenvalue weighted by Gasteiger charge is 2.21. The maximum atomic E-state index is 6.54. The number of aryl methyl sites for hydroxylation is 1. The van der Waals surface area contributed by atoms with Crippen LogP contribution in [-0.2, 0) is 11.8 Å². The minimum absolute atomic E-state index is 0.0182. The second kappa shape index (κ2) is 8.85. The van der Waals surface area contributed by atoms with Gasteiger partial charge in [-0.05, 0) is 76.9 Å². The number of pyridine rings is 1. The molecule has 0 fully saturated rings. The summed E-state index contributed by atoms with van der Waals surface area (Å²) in [5.41, 5.74) is 6.96. The van der Waals surface area contributed by atoms with Gasteiger partial charge in [-0.2, -0.15) is 0 Å². The fourth-order valence-electron chi connectivity index (χ4n) is 5.58. The quantitative estimate of drug-likeness (QED) is 0.239. The summed E-state index contributed by atoms with van der Waals surface area (Å²) in [4.78, 5) is 6.28. The zero-order valence-electron chi connectivity index (χ0n) is 22.5. The first-order valence-electron chi connectivity index (χ1n) is 13.1. The molecule has 3 heterocycles. The molecule has 0 N–H and O–H groups in total. The highest BCUT2D eigenvalue weighted by Crippen LogP contribution is 2.42. The lowest BCUT2D eigenvalue weighted by atomic mass is 9.82. The van der Waals surface area contributed by atoms with E-state index in [1.54, 1.807) is 0 Å². The van der Waals surface area contributed by atoms with Gasteiger partial charge in [0.2, 0.25) is 0 Å². The van der Waals surface area contributed by atoms with Crippen molar-refractivity contribution < 1.29 is 4.42 Å². The molecule has 3 aromatic heterocycles. The molecule has 37 heavy (non-hydrogen) atoms. The summed E-state index contributed by atoms with van der Waals surface area (Å²) in [5, 5.41) is 4.94. The molecule has 0 saturated heterocycles. The molecule has 0 amide bonds. The molecular formula is C34H33NOS. The van der Waals surface area contributed by atoms with Gasteiger partial charge in [0.05, 0.1) is 5.69 Å². The highest BCUT2D eigenvalue weighted by molar-refractivity contribution is 7.19. The molecule has 0 radical (unpaired) electrons. The van der Waals surface area contributed by atoms with Crippen LogP contribution >= 0.6 is 11.3 Å². The number of rotatable bonds is 4. The van der Waals surface area contributed by atoms with Gasteiger partial charge in [0.15, 0.2) is 0 Å². The number of nitrogens with zero attached hydrogens (tertiary/aromatic N) is 1. The first kappa shape index (κ1) is 23.9. The van der Waals surface area contributed by atoms with Crippen LogP contribution in [0.4, 0.5) is 0 Å². The monoisotopic (exact) mass is 503 g/mol. The number of aromatic nitrogens is 1. The largest absolute Gasteiger partial charge is 0.456 e. The molecule has 0 saturated carbocycles. The van der Waals surface area contributed by atoms with Crippen molar-refractivity contribution in [1.82, 2.24) is 4.98 Å². The fourth-order valence-corrected chi connectivity index (χ4v) is 6.70. The SMILES string of the molecule is Cc1sc2cccc(-c3cc4c(-c5cc(C(C)(C)C)c6ccccc6c5)nccc4o3)c2c1CC(C)C. The number of furan rings is 1. The molecule has 3 aromatic carbocycles. The summed E-state index contributed by atoms with van der Waals surface area (Å²) in [6, 6.07) is 24.0. The predicted octanol–water partition coefficient (Wildman–Crippen LogP) is 10.3. The fraction of sp³-hybridized carbons (Fsp3) is 0.265. The van der Waals surface area contributed by atoms with Crippen LogP contribution in [0.25, 0.3) is 54.4 Å². The Hall–Kier alpha value is -3.43. The Morgan fingerprint density at radius 3 is 2.51 bits per heavy atom. The number of hydrogen-bond acceptors (Lipinski definition) is 3. The number of fused-ring (bicyclic) bond motifs is 3. The van der Waals surface area contributed by atoms with Gasteiger partial charge in [0.1, 0.15) is 11.3 Å². The first-order chi connectivity index (χ1) is 17.7. The topological polar surface area (TPSA) is 26.0 Å². The molecule has 0 aliphatic rings. The maximum Gasteiger partial charge on any atom is 0.138 e. The van der Waals surface area contributed by atoms with E-state index in [9.17, 15) is 0 Å². The normalized spacial score (nSPS) is 12.4. The zero-order chi connectivity index (χ0) is 25.9. The predicted molar refractivity (Wildman–Crippen MR) is 160 cm³/mol. The molecule has 6 aromatic rings. The standard InChI is InChI=1S/C34H33NOS/c1-20(2)16-26-21(3)37-31-13-9-12-25(32(26)31)30-19-27-29(36-30)14-15-35-33(27)23-17-22-10-7-8-11-24(22)28(18-23)34(4,5)6/h7-15,17-20H,16H2,1-6H3. The lowest BCUT2D eigenvalue weighted by Crippen LogP contribution is -2.12. The van der Waals surface area contributed by atoms with Gasteiger partial charge in [-0.15, -0.1) is 11.3 Å². The highest BCUT2D eigenvalue weighted by atomic mass is 32.1. The third-order valence-corrected chi connectivity index (χ3v) is 8.40.